The van der Waals surface area contributed by atoms with E-state index in [-0.39, 0.29) is 12.5 Å². The zero-order valence-corrected chi connectivity index (χ0v) is 20.3. The van der Waals surface area contributed by atoms with Crippen molar-refractivity contribution in [3.63, 3.8) is 0 Å². The van der Waals surface area contributed by atoms with E-state index in [9.17, 15) is 4.79 Å². The van der Waals surface area contributed by atoms with Crippen LogP contribution in [0.1, 0.15) is 13.8 Å². The molecule has 0 aliphatic carbocycles. The molecule has 1 saturated heterocycles. The molecule has 11 heteroatoms. The van der Waals surface area contributed by atoms with Gasteiger partial charge in [-0.05, 0) is 36.9 Å². The van der Waals surface area contributed by atoms with Gasteiger partial charge in [-0.1, -0.05) is 18.7 Å². The first-order valence-electron chi connectivity index (χ1n) is 11.5. The summed E-state index contributed by atoms with van der Waals surface area (Å²) in [6.45, 7) is 8.40. The van der Waals surface area contributed by atoms with Gasteiger partial charge in [-0.15, -0.1) is 0 Å². The van der Waals surface area contributed by atoms with E-state index in [4.69, 9.17) is 24.2 Å². The third-order valence-corrected chi connectivity index (χ3v) is 5.92. The van der Waals surface area contributed by atoms with Crippen LogP contribution < -0.4 is 19.7 Å². The molecule has 1 fully saturated rings. The van der Waals surface area contributed by atoms with E-state index in [1.165, 1.54) is 0 Å². The zero-order valence-electron chi connectivity index (χ0n) is 19.5. The maximum atomic E-state index is 12.2. The number of fused-ring (bicyclic) bond motifs is 1. The molecule has 0 unspecified atom stereocenters. The van der Waals surface area contributed by atoms with Gasteiger partial charge in [-0.25, -0.2) is 14.6 Å². The second-order valence-corrected chi connectivity index (χ2v) is 8.74. The lowest BCUT2D eigenvalue weighted by atomic mass is 10.3. The quantitative estimate of drug-likeness (QED) is 0.323. The van der Waals surface area contributed by atoms with Gasteiger partial charge in [0.1, 0.15) is 17.3 Å². The van der Waals surface area contributed by atoms with Gasteiger partial charge in [0.2, 0.25) is 0 Å². The lowest BCUT2D eigenvalue weighted by Crippen LogP contribution is -2.37. The van der Waals surface area contributed by atoms with E-state index in [1.807, 2.05) is 23.7 Å². The highest BCUT2D eigenvalue weighted by Crippen LogP contribution is 2.27. The van der Waals surface area contributed by atoms with Crippen molar-refractivity contribution in [3.05, 3.63) is 30.5 Å². The molecule has 1 aliphatic heterocycles. The Morgan fingerprint density at radius 2 is 1.85 bits per heavy atom. The number of nitrogens with one attached hydrogen (secondary N) is 1. The van der Waals surface area contributed by atoms with Gasteiger partial charge >= 0.3 is 0 Å². The molecule has 0 atom stereocenters. The van der Waals surface area contributed by atoms with Crippen LogP contribution in [0.25, 0.3) is 11.0 Å². The minimum Gasteiger partial charge on any atom is -0.494 e. The van der Waals surface area contributed by atoms with Gasteiger partial charge < -0.3 is 24.4 Å². The fourth-order valence-corrected chi connectivity index (χ4v) is 4.15. The molecule has 1 amide bonds. The molecule has 2 aromatic heterocycles. The summed E-state index contributed by atoms with van der Waals surface area (Å²) in [5, 5.41) is 9.04. The smallest absolute Gasteiger partial charge is 0.258 e. The number of amides is 1. The topological polar surface area (TPSA) is 104 Å². The number of ether oxygens (including phenoxy) is 3. The zero-order chi connectivity index (χ0) is 23.8. The molecule has 10 nitrogen and oxygen atoms in total. The molecular weight excluding hydrogens is 456 g/mol. The highest BCUT2D eigenvalue weighted by molar-refractivity contribution is 7.99. The number of thioether (sulfide) groups is 1. The second-order valence-electron chi connectivity index (χ2n) is 7.51. The van der Waals surface area contributed by atoms with Gasteiger partial charge in [0.25, 0.3) is 5.91 Å². The van der Waals surface area contributed by atoms with Gasteiger partial charge in [0, 0.05) is 19.6 Å². The van der Waals surface area contributed by atoms with E-state index in [1.54, 1.807) is 30.1 Å². The minimum absolute atomic E-state index is 0.0610. The number of hydrogen-bond acceptors (Lipinski definition) is 9. The standard InChI is InChI=1S/C23H30N6O4S/c1-3-32-17-5-7-18(8-6-17)33-16-20(30)24-9-10-29-22-19(15-25-29)21(26-23(27-22)34-4-2)28-11-13-31-14-12-28/h5-8,15H,3-4,9-14,16H2,1-2H3,(H,24,30). The molecule has 0 spiro atoms. The number of rotatable bonds is 11. The number of hydrogen-bond donors (Lipinski definition) is 1. The molecule has 182 valence electrons. The molecule has 1 aliphatic rings. The van der Waals surface area contributed by atoms with Crippen molar-refractivity contribution in [1.82, 2.24) is 25.1 Å². The second kappa shape index (κ2) is 11.9. The molecule has 4 rings (SSSR count). The first-order chi connectivity index (χ1) is 16.7. The van der Waals surface area contributed by atoms with Gasteiger partial charge in [0.15, 0.2) is 17.4 Å². The Labute approximate surface area is 203 Å². The number of benzene rings is 1. The molecule has 3 aromatic rings. The van der Waals surface area contributed by atoms with Crippen LogP contribution in [0.15, 0.2) is 35.6 Å². The van der Waals surface area contributed by atoms with Gasteiger partial charge in [-0.2, -0.15) is 5.10 Å². The Morgan fingerprint density at radius 1 is 1.12 bits per heavy atom. The van der Waals surface area contributed by atoms with Crippen LogP contribution in [0.4, 0.5) is 5.82 Å². The lowest BCUT2D eigenvalue weighted by molar-refractivity contribution is -0.123. The fraction of sp³-hybridized carbons (Fsp3) is 0.478. The number of anilines is 1. The monoisotopic (exact) mass is 486 g/mol. The highest BCUT2D eigenvalue weighted by atomic mass is 32.2. The number of morpholine rings is 1. The van der Waals surface area contributed by atoms with Crippen molar-refractivity contribution in [1.29, 1.82) is 0 Å². The summed E-state index contributed by atoms with van der Waals surface area (Å²) in [5.41, 5.74) is 0.771. The van der Waals surface area contributed by atoms with Crippen molar-refractivity contribution in [2.45, 2.75) is 25.5 Å². The molecule has 34 heavy (non-hydrogen) atoms. The van der Waals surface area contributed by atoms with E-state index in [2.05, 4.69) is 22.2 Å². The minimum atomic E-state index is -0.198. The summed E-state index contributed by atoms with van der Waals surface area (Å²) in [4.78, 5) is 24.0. The molecule has 0 bridgehead atoms. The highest BCUT2D eigenvalue weighted by Gasteiger charge is 2.20. The number of carbonyl (C=O) groups is 1. The Bertz CT molecular complexity index is 1090. The first-order valence-corrected chi connectivity index (χ1v) is 12.5. The van der Waals surface area contributed by atoms with Crippen LogP contribution in [-0.2, 0) is 16.1 Å². The summed E-state index contributed by atoms with van der Waals surface area (Å²) in [7, 11) is 0. The fourth-order valence-electron chi connectivity index (χ4n) is 3.59. The maximum Gasteiger partial charge on any atom is 0.258 e. The Balaban J connectivity index is 1.35. The van der Waals surface area contributed by atoms with Crippen LogP contribution in [0.5, 0.6) is 11.5 Å². The molecule has 1 aromatic carbocycles. The van der Waals surface area contributed by atoms with E-state index >= 15 is 0 Å². The van der Waals surface area contributed by atoms with Crippen molar-refractivity contribution in [3.8, 4) is 11.5 Å². The summed E-state index contributed by atoms with van der Waals surface area (Å²) in [5.74, 6) is 2.96. The summed E-state index contributed by atoms with van der Waals surface area (Å²) in [6, 6.07) is 7.20. The first kappa shape index (κ1) is 24.1. The Kier molecular flexibility index (Phi) is 8.42. The largest absolute Gasteiger partial charge is 0.494 e. The average Bonchev–Trinajstić information content (AvgIpc) is 3.27. The van der Waals surface area contributed by atoms with Crippen molar-refractivity contribution < 1.29 is 19.0 Å². The van der Waals surface area contributed by atoms with Crippen LogP contribution in [0, 0.1) is 0 Å². The van der Waals surface area contributed by atoms with Crippen LogP contribution in [0.3, 0.4) is 0 Å². The van der Waals surface area contributed by atoms with Gasteiger partial charge in [0.05, 0.1) is 37.9 Å². The van der Waals surface area contributed by atoms with Crippen LogP contribution >= 0.6 is 11.8 Å². The predicted molar refractivity (Wildman–Crippen MR) is 131 cm³/mol. The Morgan fingerprint density at radius 3 is 2.56 bits per heavy atom. The number of carbonyl (C=O) groups excluding carboxylic acids is 1. The summed E-state index contributed by atoms with van der Waals surface area (Å²) in [6.07, 6.45) is 1.80. The normalized spacial score (nSPS) is 13.8. The summed E-state index contributed by atoms with van der Waals surface area (Å²) >= 11 is 1.60. The SMILES string of the molecule is CCOc1ccc(OCC(=O)NCCn2ncc3c(N4CCOCC4)nc(SCC)nc32)cc1. The lowest BCUT2D eigenvalue weighted by Gasteiger charge is -2.28. The summed E-state index contributed by atoms with van der Waals surface area (Å²) < 4.78 is 18.3. The Hall–Kier alpha value is -3.05. The molecule has 0 radical (unpaired) electrons. The number of aromatic nitrogens is 4. The van der Waals surface area contributed by atoms with Gasteiger partial charge in [-0.3, -0.25) is 4.79 Å². The van der Waals surface area contributed by atoms with E-state index < -0.39 is 0 Å². The van der Waals surface area contributed by atoms with Crippen molar-refractivity contribution >= 4 is 34.5 Å². The molecule has 3 heterocycles. The number of nitrogens with zero attached hydrogens (tertiary/aromatic N) is 5. The molecule has 0 saturated carbocycles. The van der Waals surface area contributed by atoms with Crippen molar-refractivity contribution in [2.24, 2.45) is 0 Å². The predicted octanol–water partition coefficient (Wildman–Crippen LogP) is 2.37. The maximum absolute atomic E-state index is 12.2. The molecular formula is C23H30N6O4S. The van der Waals surface area contributed by atoms with Crippen LogP contribution in [-0.4, -0.2) is 77.5 Å². The van der Waals surface area contributed by atoms with E-state index in [0.717, 1.165) is 46.6 Å². The average molecular weight is 487 g/mol. The van der Waals surface area contributed by atoms with Crippen molar-refractivity contribution in [2.75, 3.05) is 56.7 Å². The van der Waals surface area contributed by atoms with Crippen LogP contribution in [0.2, 0.25) is 0 Å². The third kappa shape index (κ3) is 6.09. The molecule has 1 N–H and O–H groups in total. The third-order valence-electron chi connectivity index (χ3n) is 5.19. The van der Waals surface area contributed by atoms with E-state index in [0.29, 0.717) is 38.7 Å².